The predicted molar refractivity (Wildman–Crippen MR) is 221 cm³/mol. The summed E-state index contributed by atoms with van der Waals surface area (Å²) < 4.78 is 2.15. The van der Waals surface area contributed by atoms with Crippen LogP contribution < -0.4 is 0 Å². The fourth-order valence-electron chi connectivity index (χ4n) is 7.17. The van der Waals surface area contributed by atoms with Crippen molar-refractivity contribution in [3.8, 4) is 28.3 Å². The van der Waals surface area contributed by atoms with Gasteiger partial charge >= 0.3 is 0 Å². The first kappa shape index (κ1) is 36.8. The quantitative estimate of drug-likeness (QED) is 0.0897. The maximum atomic E-state index is 5.18. The van der Waals surface area contributed by atoms with Gasteiger partial charge in [0.05, 0.1) is 5.69 Å². The Bertz CT molecular complexity index is 1920. The Kier molecular flexibility index (Phi) is 12.8. The third-order valence-corrected chi connectivity index (χ3v) is 10.6. The molecule has 276 valence electrons. The van der Waals surface area contributed by atoms with Crippen molar-refractivity contribution in [1.82, 2.24) is 34.1 Å². The molecule has 0 N–H and O–H groups in total. The Morgan fingerprint density at radius 3 is 1.64 bits per heavy atom. The highest BCUT2D eigenvalue weighted by Crippen LogP contribution is 2.31. The van der Waals surface area contributed by atoms with E-state index in [0.29, 0.717) is 5.82 Å². The Labute approximate surface area is 315 Å². The lowest BCUT2D eigenvalue weighted by Crippen LogP contribution is -2.44. The van der Waals surface area contributed by atoms with E-state index in [2.05, 4.69) is 123 Å². The van der Waals surface area contributed by atoms with Crippen LogP contribution in [0.25, 0.3) is 39.4 Å². The van der Waals surface area contributed by atoms with Crippen LogP contribution in [0.4, 0.5) is 0 Å². The minimum atomic E-state index is 0.706. The van der Waals surface area contributed by atoms with Gasteiger partial charge in [0.2, 0.25) is 0 Å². The molecule has 9 nitrogen and oxygen atoms in total. The second kappa shape index (κ2) is 18.5. The summed E-state index contributed by atoms with van der Waals surface area (Å²) in [5.41, 5.74) is 7.12. The first-order valence-electron chi connectivity index (χ1n) is 19.6. The molecule has 0 atom stereocenters. The summed E-state index contributed by atoms with van der Waals surface area (Å²) in [6, 6.07) is 29.6. The fourth-order valence-corrected chi connectivity index (χ4v) is 7.17. The van der Waals surface area contributed by atoms with E-state index in [4.69, 9.17) is 20.0 Å². The Morgan fingerprint density at radius 2 is 1.09 bits per heavy atom. The highest BCUT2D eigenvalue weighted by molar-refractivity contribution is 5.94. The molecule has 53 heavy (non-hydrogen) atoms. The summed E-state index contributed by atoms with van der Waals surface area (Å²) in [6.45, 7) is 13.5. The number of hydrogen-bond donors (Lipinski definition) is 0. The van der Waals surface area contributed by atoms with E-state index < -0.39 is 0 Å². The molecule has 2 saturated heterocycles. The molecular weight excluding hydrogens is 655 g/mol. The van der Waals surface area contributed by atoms with Crippen molar-refractivity contribution in [2.24, 2.45) is 9.98 Å². The number of benzene rings is 3. The number of hydrogen-bond acceptors (Lipinski definition) is 8. The first-order chi connectivity index (χ1) is 26.1. The van der Waals surface area contributed by atoms with Gasteiger partial charge in [0.1, 0.15) is 5.65 Å². The SMILES string of the molecule is CN1CCN(CCCCN=Cc2ccc(-c3nc(-c4ccc(C=NCCCCN5CCN(C)CC5)cc4)c4ccn(-c5ccccc5)c4n3)cc2)CC1. The number of aliphatic imine (C=N–C) groups is 2. The fraction of sp³-hybridized carbons (Fsp3) is 0.409. The number of rotatable bonds is 15. The zero-order valence-electron chi connectivity index (χ0n) is 31.7. The molecular formula is C44H55N9. The van der Waals surface area contributed by atoms with Gasteiger partial charge in [-0.2, -0.15) is 0 Å². The van der Waals surface area contributed by atoms with Crippen LogP contribution in [0.5, 0.6) is 0 Å². The molecule has 0 bridgehead atoms. The van der Waals surface area contributed by atoms with Crippen LogP contribution in [0, 0.1) is 0 Å². The number of para-hydroxylation sites is 1. The maximum Gasteiger partial charge on any atom is 0.162 e. The number of aromatic nitrogens is 3. The molecule has 0 radical (unpaired) electrons. The summed E-state index contributed by atoms with van der Waals surface area (Å²) >= 11 is 0. The smallest absolute Gasteiger partial charge is 0.162 e. The van der Waals surface area contributed by atoms with Crippen LogP contribution in [-0.2, 0) is 0 Å². The summed E-state index contributed by atoms with van der Waals surface area (Å²) in [5, 5.41) is 1.02. The summed E-state index contributed by atoms with van der Waals surface area (Å²) in [4.78, 5) is 29.8. The van der Waals surface area contributed by atoms with Gasteiger partial charge < -0.3 is 24.2 Å². The van der Waals surface area contributed by atoms with Gasteiger partial charge in [-0.3, -0.25) is 9.98 Å². The number of unbranched alkanes of at least 4 members (excludes halogenated alkanes) is 2. The highest BCUT2D eigenvalue weighted by Gasteiger charge is 2.17. The highest BCUT2D eigenvalue weighted by atomic mass is 15.2. The molecule has 0 spiro atoms. The average Bonchev–Trinajstić information content (AvgIpc) is 3.64. The molecule has 7 rings (SSSR count). The first-order valence-corrected chi connectivity index (χ1v) is 19.6. The summed E-state index contributed by atoms with van der Waals surface area (Å²) in [6.07, 6.45) is 10.7. The van der Waals surface area contributed by atoms with Crippen LogP contribution in [0.2, 0.25) is 0 Å². The second-order valence-corrected chi connectivity index (χ2v) is 14.7. The number of piperazine rings is 2. The van der Waals surface area contributed by atoms with Crippen LogP contribution >= 0.6 is 0 Å². The zero-order chi connectivity index (χ0) is 36.2. The topological polar surface area (TPSA) is 68.4 Å². The Morgan fingerprint density at radius 1 is 0.566 bits per heavy atom. The average molecular weight is 710 g/mol. The molecule has 0 unspecified atom stereocenters. The zero-order valence-corrected chi connectivity index (χ0v) is 31.7. The molecule has 2 aliphatic rings. The van der Waals surface area contributed by atoms with Gasteiger partial charge in [0, 0.05) is 106 Å². The van der Waals surface area contributed by atoms with Crippen molar-refractivity contribution in [3.05, 3.63) is 102 Å². The molecule has 0 aliphatic carbocycles. The normalized spacial score (nSPS) is 16.8. The number of fused-ring (bicyclic) bond motifs is 1. The largest absolute Gasteiger partial charge is 0.304 e. The van der Waals surface area contributed by atoms with Gasteiger partial charge in [-0.05, 0) is 82.2 Å². The number of likely N-dealkylation sites (N-methyl/N-ethyl adjacent to an activating group) is 2. The molecule has 3 aromatic carbocycles. The van der Waals surface area contributed by atoms with E-state index in [-0.39, 0.29) is 0 Å². The van der Waals surface area contributed by atoms with E-state index in [0.717, 1.165) is 70.6 Å². The Hall–Kier alpha value is -4.54. The van der Waals surface area contributed by atoms with Crippen molar-refractivity contribution in [2.75, 3.05) is 92.6 Å². The van der Waals surface area contributed by atoms with Crippen molar-refractivity contribution in [1.29, 1.82) is 0 Å². The minimum absolute atomic E-state index is 0.706. The second-order valence-electron chi connectivity index (χ2n) is 14.7. The summed E-state index contributed by atoms with van der Waals surface area (Å²) in [7, 11) is 4.42. The molecule has 0 saturated carbocycles. The van der Waals surface area contributed by atoms with E-state index in [1.165, 1.54) is 78.3 Å². The van der Waals surface area contributed by atoms with Gasteiger partial charge in [-0.15, -0.1) is 0 Å². The lowest BCUT2D eigenvalue weighted by molar-refractivity contribution is 0.152. The van der Waals surface area contributed by atoms with Crippen molar-refractivity contribution in [2.45, 2.75) is 25.7 Å². The van der Waals surface area contributed by atoms with E-state index in [9.17, 15) is 0 Å². The molecule has 9 heteroatoms. The third-order valence-electron chi connectivity index (χ3n) is 10.6. The van der Waals surface area contributed by atoms with Crippen LogP contribution in [0.1, 0.15) is 36.8 Å². The van der Waals surface area contributed by atoms with Crippen molar-refractivity contribution >= 4 is 23.5 Å². The molecule has 5 aromatic rings. The Balaban J connectivity index is 1.01. The molecule has 2 aliphatic heterocycles. The number of nitrogens with zero attached hydrogens (tertiary/aromatic N) is 9. The van der Waals surface area contributed by atoms with E-state index >= 15 is 0 Å². The van der Waals surface area contributed by atoms with E-state index in [1.54, 1.807) is 0 Å². The van der Waals surface area contributed by atoms with Crippen LogP contribution in [0.15, 0.2) is 101 Å². The molecule has 4 heterocycles. The lowest BCUT2D eigenvalue weighted by Gasteiger charge is -2.32. The van der Waals surface area contributed by atoms with Gasteiger partial charge in [-0.25, -0.2) is 9.97 Å². The van der Waals surface area contributed by atoms with Gasteiger partial charge in [-0.1, -0.05) is 66.7 Å². The monoisotopic (exact) mass is 709 g/mol. The van der Waals surface area contributed by atoms with Gasteiger partial charge in [0.15, 0.2) is 5.82 Å². The van der Waals surface area contributed by atoms with Crippen molar-refractivity contribution < 1.29 is 0 Å². The van der Waals surface area contributed by atoms with Crippen LogP contribution in [-0.4, -0.2) is 139 Å². The van der Waals surface area contributed by atoms with E-state index in [1.807, 2.05) is 18.5 Å². The predicted octanol–water partition coefficient (Wildman–Crippen LogP) is 6.65. The van der Waals surface area contributed by atoms with Gasteiger partial charge in [0.25, 0.3) is 0 Å². The third kappa shape index (κ3) is 10.1. The lowest BCUT2D eigenvalue weighted by atomic mass is 10.1. The molecule has 2 aromatic heterocycles. The standard InChI is InChI=1S/C44H55N9/c1-49-26-30-51(31-27-49)23-8-6-21-45-34-36-12-16-38(17-13-36)42-41-20-25-53(40-10-4-3-5-11-40)44(41)48-43(47-42)39-18-14-37(15-19-39)35-46-22-7-9-24-52-32-28-50(2)29-33-52/h3-5,10-20,25,34-35H,6-9,21-24,26-33H2,1-2H3. The van der Waals surface area contributed by atoms with Crippen molar-refractivity contribution in [3.63, 3.8) is 0 Å². The maximum absolute atomic E-state index is 5.18. The summed E-state index contributed by atoms with van der Waals surface area (Å²) in [5.74, 6) is 0.706. The van der Waals surface area contributed by atoms with Crippen LogP contribution in [0.3, 0.4) is 0 Å². The molecule has 2 fully saturated rings. The molecule has 0 amide bonds. The minimum Gasteiger partial charge on any atom is -0.304 e.